The quantitative estimate of drug-likeness (QED) is 0.757. The summed E-state index contributed by atoms with van der Waals surface area (Å²) in [4.78, 5) is 27.5. The molecule has 1 N–H and O–H groups in total. The van der Waals surface area contributed by atoms with Gasteiger partial charge in [-0.3, -0.25) is 19.2 Å². The van der Waals surface area contributed by atoms with Gasteiger partial charge in [-0.05, 0) is 36.8 Å². The molecule has 0 spiro atoms. The van der Waals surface area contributed by atoms with Crippen LogP contribution >= 0.6 is 11.8 Å². The zero-order valence-corrected chi connectivity index (χ0v) is 15.8. The Hall–Kier alpha value is -2.93. The van der Waals surface area contributed by atoms with E-state index in [4.69, 9.17) is 0 Å². The number of aromatic hydroxyl groups is 1. The highest BCUT2D eigenvalue weighted by Crippen LogP contribution is 2.42. The standard InChI is InChI=1S/C20H19N3O3S/c1-13-18(19(26)23(21(13)2)15-8-4-3-5-9-15)22-17(25)12-27-20(22)14-7-6-10-16(24)11-14/h3-11,20,24H,12H2,1-2H3. The summed E-state index contributed by atoms with van der Waals surface area (Å²) in [5.41, 5.74) is 2.39. The Kier molecular flexibility index (Phi) is 4.31. The fourth-order valence-corrected chi connectivity index (χ4v) is 4.57. The van der Waals surface area contributed by atoms with Crippen molar-refractivity contribution in [2.45, 2.75) is 12.3 Å². The van der Waals surface area contributed by atoms with Gasteiger partial charge in [0.1, 0.15) is 16.8 Å². The number of hydrogen-bond acceptors (Lipinski definition) is 4. The second-order valence-corrected chi connectivity index (χ2v) is 7.50. The molecule has 2 aromatic carbocycles. The Morgan fingerprint density at radius 1 is 1.07 bits per heavy atom. The minimum atomic E-state index is -0.345. The maximum Gasteiger partial charge on any atom is 0.295 e. The highest BCUT2D eigenvalue weighted by molar-refractivity contribution is 8.00. The van der Waals surface area contributed by atoms with E-state index in [1.807, 2.05) is 50.4 Å². The van der Waals surface area contributed by atoms with Gasteiger partial charge >= 0.3 is 0 Å². The molecule has 1 saturated heterocycles. The summed E-state index contributed by atoms with van der Waals surface area (Å²) in [7, 11) is 1.81. The van der Waals surface area contributed by atoms with Gasteiger partial charge in [-0.25, -0.2) is 4.68 Å². The number of para-hydroxylation sites is 1. The number of nitrogens with zero attached hydrogens (tertiary/aromatic N) is 3. The molecule has 6 nitrogen and oxygen atoms in total. The van der Waals surface area contributed by atoms with Crippen molar-refractivity contribution < 1.29 is 9.90 Å². The summed E-state index contributed by atoms with van der Waals surface area (Å²) < 4.78 is 3.34. The van der Waals surface area contributed by atoms with Crippen molar-refractivity contribution in [3.8, 4) is 11.4 Å². The first-order valence-corrected chi connectivity index (χ1v) is 9.60. The van der Waals surface area contributed by atoms with Crippen LogP contribution in [0.15, 0.2) is 59.4 Å². The van der Waals surface area contributed by atoms with E-state index >= 15 is 0 Å². The van der Waals surface area contributed by atoms with Crippen LogP contribution in [-0.2, 0) is 11.8 Å². The third kappa shape index (κ3) is 2.84. The molecule has 1 atom stereocenters. The highest BCUT2D eigenvalue weighted by atomic mass is 32.2. The van der Waals surface area contributed by atoms with Crippen LogP contribution in [0.4, 0.5) is 5.69 Å². The van der Waals surface area contributed by atoms with Crippen LogP contribution in [0, 0.1) is 6.92 Å². The lowest BCUT2D eigenvalue weighted by Crippen LogP contribution is -2.33. The van der Waals surface area contributed by atoms with E-state index in [0.29, 0.717) is 17.1 Å². The van der Waals surface area contributed by atoms with Crippen molar-refractivity contribution in [1.82, 2.24) is 9.36 Å². The van der Waals surface area contributed by atoms with E-state index in [9.17, 15) is 14.7 Å². The Labute approximate surface area is 160 Å². The smallest absolute Gasteiger partial charge is 0.295 e. The Morgan fingerprint density at radius 2 is 1.81 bits per heavy atom. The number of anilines is 1. The van der Waals surface area contributed by atoms with Crippen molar-refractivity contribution in [3.63, 3.8) is 0 Å². The minimum absolute atomic E-state index is 0.112. The summed E-state index contributed by atoms with van der Waals surface area (Å²) in [6, 6.07) is 16.2. The molecule has 2 heterocycles. The van der Waals surface area contributed by atoms with Gasteiger partial charge in [0.25, 0.3) is 5.56 Å². The number of thioether (sulfide) groups is 1. The Balaban J connectivity index is 1.87. The molecule has 7 heteroatoms. The van der Waals surface area contributed by atoms with Crippen LogP contribution in [0.3, 0.4) is 0 Å². The Morgan fingerprint density at radius 3 is 2.52 bits per heavy atom. The summed E-state index contributed by atoms with van der Waals surface area (Å²) in [5.74, 6) is 0.317. The SMILES string of the molecule is Cc1c(N2C(=O)CSC2c2cccc(O)c2)c(=O)n(-c2ccccc2)n1C. The van der Waals surface area contributed by atoms with Crippen molar-refractivity contribution in [3.05, 3.63) is 76.2 Å². The van der Waals surface area contributed by atoms with Crippen LogP contribution in [0.5, 0.6) is 5.75 Å². The topological polar surface area (TPSA) is 67.5 Å². The number of benzene rings is 2. The molecule has 1 amide bonds. The maximum atomic E-state index is 13.3. The van der Waals surface area contributed by atoms with Gasteiger partial charge in [0.2, 0.25) is 5.91 Å². The average molecular weight is 381 g/mol. The van der Waals surface area contributed by atoms with Gasteiger partial charge in [-0.15, -0.1) is 11.8 Å². The lowest BCUT2D eigenvalue weighted by Gasteiger charge is -2.23. The molecule has 1 aliphatic heterocycles. The third-order valence-corrected chi connectivity index (χ3v) is 6.00. The van der Waals surface area contributed by atoms with Gasteiger partial charge in [-0.2, -0.15) is 0 Å². The van der Waals surface area contributed by atoms with Crippen LogP contribution in [0.25, 0.3) is 5.69 Å². The van der Waals surface area contributed by atoms with Crippen LogP contribution in [0.2, 0.25) is 0 Å². The number of amides is 1. The molecule has 0 aliphatic carbocycles. The highest BCUT2D eigenvalue weighted by Gasteiger charge is 2.38. The molecule has 138 valence electrons. The van der Waals surface area contributed by atoms with Gasteiger partial charge < -0.3 is 5.11 Å². The molecule has 3 aromatic rings. The molecular weight excluding hydrogens is 362 g/mol. The van der Waals surface area contributed by atoms with E-state index in [1.54, 1.807) is 32.5 Å². The van der Waals surface area contributed by atoms with E-state index in [-0.39, 0.29) is 22.6 Å². The third-order valence-electron chi connectivity index (χ3n) is 4.79. The predicted octanol–water partition coefficient (Wildman–Crippen LogP) is 2.97. The van der Waals surface area contributed by atoms with Crippen molar-refractivity contribution in [2.24, 2.45) is 7.05 Å². The number of aromatic nitrogens is 2. The van der Waals surface area contributed by atoms with Gasteiger partial charge in [-0.1, -0.05) is 30.3 Å². The number of carbonyl (C=O) groups excluding carboxylic acids is 1. The second-order valence-electron chi connectivity index (χ2n) is 6.43. The van der Waals surface area contributed by atoms with Gasteiger partial charge in [0.15, 0.2) is 0 Å². The Bertz CT molecular complexity index is 1070. The molecule has 1 fully saturated rings. The van der Waals surface area contributed by atoms with Crippen LogP contribution in [0.1, 0.15) is 16.6 Å². The lowest BCUT2D eigenvalue weighted by molar-refractivity contribution is -0.115. The van der Waals surface area contributed by atoms with E-state index < -0.39 is 0 Å². The summed E-state index contributed by atoms with van der Waals surface area (Å²) in [5, 5.41) is 9.47. The zero-order valence-electron chi connectivity index (χ0n) is 15.0. The van der Waals surface area contributed by atoms with Crippen LogP contribution in [-0.4, -0.2) is 26.1 Å². The summed E-state index contributed by atoms with van der Waals surface area (Å²) in [6.45, 7) is 1.84. The number of phenolic OH excluding ortho intramolecular Hbond substituents is 1. The summed E-state index contributed by atoms with van der Waals surface area (Å²) in [6.07, 6.45) is 0. The average Bonchev–Trinajstić information content (AvgIpc) is 3.13. The van der Waals surface area contributed by atoms with Crippen molar-refractivity contribution in [2.75, 3.05) is 10.7 Å². The molecular formula is C20H19N3O3S. The van der Waals surface area contributed by atoms with Crippen molar-refractivity contribution in [1.29, 1.82) is 0 Å². The van der Waals surface area contributed by atoms with Crippen LogP contribution < -0.4 is 10.5 Å². The number of carbonyl (C=O) groups is 1. The molecule has 1 aliphatic rings. The van der Waals surface area contributed by atoms with E-state index in [1.165, 1.54) is 11.8 Å². The molecule has 0 radical (unpaired) electrons. The molecule has 1 aromatic heterocycles. The molecule has 0 saturated carbocycles. The monoisotopic (exact) mass is 381 g/mol. The fraction of sp³-hybridized carbons (Fsp3) is 0.200. The molecule has 27 heavy (non-hydrogen) atoms. The number of hydrogen-bond donors (Lipinski definition) is 1. The lowest BCUT2D eigenvalue weighted by atomic mass is 10.2. The molecule has 0 bridgehead atoms. The van der Waals surface area contributed by atoms with Gasteiger partial charge in [0, 0.05) is 7.05 Å². The maximum absolute atomic E-state index is 13.3. The zero-order chi connectivity index (χ0) is 19.1. The second kappa shape index (κ2) is 6.66. The molecule has 1 unspecified atom stereocenters. The molecule has 4 rings (SSSR count). The van der Waals surface area contributed by atoms with Crippen molar-refractivity contribution >= 4 is 23.4 Å². The first-order chi connectivity index (χ1) is 13.0. The first-order valence-electron chi connectivity index (χ1n) is 8.55. The fourth-order valence-electron chi connectivity index (χ4n) is 3.42. The van der Waals surface area contributed by atoms with E-state index in [0.717, 1.165) is 11.3 Å². The predicted molar refractivity (Wildman–Crippen MR) is 107 cm³/mol. The number of phenols is 1. The normalized spacial score (nSPS) is 16.9. The van der Waals surface area contributed by atoms with Gasteiger partial charge in [0.05, 0.1) is 17.1 Å². The minimum Gasteiger partial charge on any atom is -0.508 e. The first kappa shape index (κ1) is 17.5. The number of rotatable bonds is 3. The summed E-state index contributed by atoms with van der Waals surface area (Å²) >= 11 is 1.45. The van der Waals surface area contributed by atoms with E-state index in [2.05, 4.69) is 0 Å². The largest absolute Gasteiger partial charge is 0.508 e.